The van der Waals surface area contributed by atoms with Gasteiger partial charge in [-0.3, -0.25) is 0 Å². The Morgan fingerprint density at radius 3 is 2.53 bits per heavy atom. The molecule has 1 saturated carbocycles. The third-order valence-electron chi connectivity index (χ3n) is 3.00. The lowest BCUT2D eigenvalue weighted by Gasteiger charge is -2.14. The summed E-state index contributed by atoms with van der Waals surface area (Å²) in [7, 11) is 0. The Hall–Kier alpha value is -1.04. The standard InChI is InChI=1S/C13H16.C2H6/c1-4-9(3)13-8-12-7-11(12)6-10(13)5-2;1-2/h5-6,8,11-12H,2-4,7H2,1H3;1-2H3. The van der Waals surface area contributed by atoms with Crippen molar-refractivity contribution >= 4 is 0 Å². The zero-order valence-electron chi connectivity index (χ0n) is 10.2. The second kappa shape index (κ2) is 5.16. The average molecular weight is 202 g/mol. The Balaban J connectivity index is 0.000000531. The van der Waals surface area contributed by atoms with Crippen molar-refractivity contribution < 1.29 is 0 Å². The van der Waals surface area contributed by atoms with Crippen LogP contribution in [0, 0.1) is 11.8 Å². The summed E-state index contributed by atoms with van der Waals surface area (Å²) in [5.41, 5.74) is 3.89. The number of rotatable bonds is 3. The maximum Gasteiger partial charge on any atom is -0.0155 e. The van der Waals surface area contributed by atoms with Crippen molar-refractivity contribution in [2.24, 2.45) is 11.8 Å². The van der Waals surface area contributed by atoms with Gasteiger partial charge in [0.15, 0.2) is 0 Å². The lowest BCUT2D eigenvalue weighted by atomic mass is 9.91. The van der Waals surface area contributed by atoms with Gasteiger partial charge in [-0.2, -0.15) is 0 Å². The van der Waals surface area contributed by atoms with Gasteiger partial charge in [-0.25, -0.2) is 0 Å². The Bertz CT molecular complexity index is 315. The fourth-order valence-corrected chi connectivity index (χ4v) is 1.94. The Kier molecular flexibility index (Phi) is 4.14. The summed E-state index contributed by atoms with van der Waals surface area (Å²) in [6.45, 7) is 14.1. The molecule has 0 aromatic carbocycles. The monoisotopic (exact) mass is 202 g/mol. The van der Waals surface area contributed by atoms with E-state index in [-0.39, 0.29) is 0 Å². The molecule has 82 valence electrons. The fourth-order valence-electron chi connectivity index (χ4n) is 1.94. The molecule has 0 saturated heterocycles. The van der Waals surface area contributed by atoms with Crippen LogP contribution >= 0.6 is 0 Å². The molecule has 0 amide bonds. The molecule has 0 aromatic heterocycles. The molecule has 1 fully saturated rings. The van der Waals surface area contributed by atoms with Crippen molar-refractivity contribution in [1.82, 2.24) is 0 Å². The maximum atomic E-state index is 4.09. The van der Waals surface area contributed by atoms with Gasteiger partial charge >= 0.3 is 0 Å². The number of hydrogen-bond donors (Lipinski definition) is 0. The van der Waals surface area contributed by atoms with Crippen LogP contribution in [0.1, 0.15) is 33.6 Å². The molecule has 0 nitrogen and oxygen atoms in total. The molecule has 0 radical (unpaired) electrons. The van der Waals surface area contributed by atoms with E-state index in [2.05, 4.69) is 32.2 Å². The van der Waals surface area contributed by atoms with E-state index < -0.39 is 0 Å². The van der Waals surface area contributed by atoms with Crippen LogP contribution in [0.2, 0.25) is 0 Å². The molecule has 15 heavy (non-hydrogen) atoms. The van der Waals surface area contributed by atoms with Crippen LogP contribution in [0.5, 0.6) is 0 Å². The quantitative estimate of drug-likeness (QED) is 0.624. The van der Waals surface area contributed by atoms with Crippen LogP contribution in [-0.4, -0.2) is 0 Å². The average Bonchev–Trinajstić information content (AvgIpc) is 3.06. The van der Waals surface area contributed by atoms with E-state index in [9.17, 15) is 0 Å². The predicted octanol–water partition coefficient (Wildman–Crippen LogP) is 4.67. The minimum Gasteiger partial charge on any atom is -0.0985 e. The van der Waals surface area contributed by atoms with Crippen molar-refractivity contribution in [3.63, 3.8) is 0 Å². The van der Waals surface area contributed by atoms with E-state index in [1.165, 1.54) is 23.1 Å². The van der Waals surface area contributed by atoms with Crippen LogP contribution in [0.15, 0.2) is 48.1 Å². The third-order valence-corrected chi connectivity index (χ3v) is 3.00. The van der Waals surface area contributed by atoms with Gasteiger partial charge < -0.3 is 0 Å². The molecule has 0 heteroatoms. The summed E-state index contributed by atoms with van der Waals surface area (Å²) in [5, 5.41) is 0. The summed E-state index contributed by atoms with van der Waals surface area (Å²) >= 11 is 0. The molecule has 2 aliphatic carbocycles. The van der Waals surface area contributed by atoms with Gasteiger partial charge in [0.05, 0.1) is 0 Å². The highest BCUT2D eigenvalue weighted by atomic mass is 14.4. The maximum absolute atomic E-state index is 4.09. The van der Waals surface area contributed by atoms with Gasteiger partial charge in [-0.15, -0.1) is 0 Å². The fraction of sp³-hybridized carbons (Fsp3) is 0.467. The first kappa shape index (κ1) is 12.0. The molecule has 2 rings (SSSR count). The lowest BCUT2D eigenvalue weighted by Crippen LogP contribution is -1.97. The molecule has 0 spiro atoms. The SMILES string of the molecule is C=CC1=CC2CC2C=C1C(=C)CC.CC. The molecule has 0 N–H and O–H groups in total. The van der Waals surface area contributed by atoms with Crippen molar-refractivity contribution in [3.8, 4) is 0 Å². The van der Waals surface area contributed by atoms with Gasteiger partial charge in [0, 0.05) is 0 Å². The predicted molar refractivity (Wildman–Crippen MR) is 68.7 cm³/mol. The van der Waals surface area contributed by atoms with E-state index in [0.29, 0.717) is 0 Å². The van der Waals surface area contributed by atoms with E-state index in [0.717, 1.165) is 18.3 Å². The summed E-state index contributed by atoms with van der Waals surface area (Å²) in [5.74, 6) is 1.61. The zero-order chi connectivity index (χ0) is 11.4. The molecule has 2 atom stereocenters. The first-order chi connectivity index (χ1) is 7.26. The molecular formula is C15H22. The molecule has 0 bridgehead atoms. The number of fused-ring (bicyclic) bond motifs is 1. The second-order valence-electron chi connectivity index (χ2n) is 3.93. The highest BCUT2D eigenvalue weighted by Crippen LogP contribution is 2.47. The number of hydrogen-bond acceptors (Lipinski definition) is 0. The highest BCUT2D eigenvalue weighted by Gasteiger charge is 2.36. The third kappa shape index (κ3) is 2.50. The Morgan fingerprint density at radius 1 is 1.40 bits per heavy atom. The van der Waals surface area contributed by atoms with Crippen molar-refractivity contribution in [2.45, 2.75) is 33.6 Å². The summed E-state index contributed by atoms with van der Waals surface area (Å²) in [4.78, 5) is 0. The van der Waals surface area contributed by atoms with Crippen LogP contribution in [0.3, 0.4) is 0 Å². The molecular weight excluding hydrogens is 180 g/mol. The Morgan fingerprint density at radius 2 is 2.00 bits per heavy atom. The number of allylic oxidation sites excluding steroid dienone is 6. The zero-order valence-corrected chi connectivity index (χ0v) is 10.2. The highest BCUT2D eigenvalue weighted by molar-refractivity contribution is 5.54. The van der Waals surface area contributed by atoms with Crippen LogP contribution in [0.25, 0.3) is 0 Å². The first-order valence-electron chi connectivity index (χ1n) is 6.00. The van der Waals surface area contributed by atoms with E-state index in [4.69, 9.17) is 0 Å². The van der Waals surface area contributed by atoms with Crippen LogP contribution in [0.4, 0.5) is 0 Å². The molecule has 2 unspecified atom stereocenters. The largest absolute Gasteiger partial charge is 0.0985 e. The molecule has 0 heterocycles. The summed E-state index contributed by atoms with van der Waals surface area (Å²) in [6.07, 6.45) is 9.06. The molecule has 0 aliphatic heterocycles. The molecule has 2 aliphatic rings. The van der Waals surface area contributed by atoms with Crippen LogP contribution in [-0.2, 0) is 0 Å². The van der Waals surface area contributed by atoms with Gasteiger partial charge in [0.2, 0.25) is 0 Å². The van der Waals surface area contributed by atoms with Crippen molar-refractivity contribution in [2.75, 3.05) is 0 Å². The minimum atomic E-state index is 0.807. The molecule has 0 aromatic rings. The van der Waals surface area contributed by atoms with Gasteiger partial charge in [-0.05, 0) is 41.4 Å². The summed E-state index contributed by atoms with van der Waals surface area (Å²) in [6, 6.07) is 0. The van der Waals surface area contributed by atoms with Crippen LogP contribution < -0.4 is 0 Å². The van der Waals surface area contributed by atoms with Gasteiger partial charge in [0.1, 0.15) is 0 Å². The summed E-state index contributed by atoms with van der Waals surface area (Å²) < 4.78 is 0. The van der Waals surface area contributed by atoms with Gasteiger partial charge in [0.25, 0.3) is 0 Å². The second-order valence-corrected chi connectivity index (χ2v) is 3.93. The lowest BCUT2D eigenvalue weighted by molar-refractivity contribution is 0.945. The van der Waals surface area contributed by atoms with E-state index in [1.54, 1.807) is 0 Å². The first-order valence-corrected chi connectivity index (χ1v) is 6.00. The topological polar surface area (TPSA) is 0 Å². The van der Waals surface area contributed by atoms with Crippen molar-refractivity contribution in [3.05, 3.63) is 48.1 Å². The van der Waals surface area contributed by atoms with E-state index in [1.807, 2.05) is 19.9 Å². The minimum absolute atomic E-state index is 0.807. The van der Waals surface area contributed by atoms with Crippen molar-refractivity contribution in [1.29, 1.82) is 0 Å². The van der Waals surface area contributed by atoms with Gasteiger partial charge in [-0.1, -0.05) is 52.2 Å². The Labute approximate surface area is 94.1 Å². The van der Waals surface area contributed by atoms with E-state index >= 15 is 0 Å². The smallest absolute Gasteiger partial charge is 0.0155 e. The normalized spacial score (nSPS) is 26.3.